The molecular formula is C16H19N3O4. The summed E-state index contributed by atoms with van der Waals surface area (Å²) in [6.07, 6.45) is 0. The molecule has 2 rings (SSSR count). The quantitative estimate of drug-likeness (QED) is 0.781. The third-order valence-electron chi connectivity index (χ3n) is 3.68. The first kappa shape index (κ1) is 16.5. The molecule has 0 fully saturated rings. The Balaban J connectivity index is 2.39. The Morgan fingerprint density at radius 2 is 2.00 bits per heavy atom. The smallest absolute Gasteiger partial charge is 0.331 e. The van der Waals surface area contributed by atoms with Crippen LogP contribution in [0.4, 0.5) is 0 Å². The lowest BCUT2D eigenvalue weighted by molar-refractivity contribution is -0.139. The van der Waals surface area contributed by atoms with Gasteiger partial charge in [0.05, 0.1) is 18.4 Å². The Kier molecular flexibility index (Phi) is 4.68. The van der Waals surface area contributed by atoms with Crippen LogP contribution in [0.25, 0.3) is 0 Å². The second kappa shape index (κ2) is 6.51. The highest BCUT2D eigenvalue weighted by Gasteiger charge is 2.29. The van der Waals surface area contributed by atoms with Gasteiger partial charge in [-0.15, -0.1) is 0 Å². The molecule has 1 atom stereocenters. The lowest BCUT2D eigenvalue weighted by Crippen LogP contribution is -2.35. The number of hydrogen-bond donors (Lipinski definition) is 3. The zero-order valence-electron chi connectivity index (χ0n) is 13.4. The summed E-state index contributed by atoms with van der Waals surface area (Å²) in [4.78, 5) is 24.2. The van der Waals surface area contributed by atoms with E-state index in [2.05, 4.69) is 15.5 Å². The predicted octanol–water partition coefficient (Wildman–Crippen LogP) is 1.90. The van der Waals surface area contributed by atoms with E-state index in [1.165, 1.54) is 7.11 Å². The van der Waals surface area contributed by atoms with Crippen LogP contribution in [-0.2, 0) is 4.79 Å². The second-order valence-electron chi connectivity index (χ2n) is 5.24. The van der Waals surface area contributed by atoms with Crippen molar-refractivity contribution in [1.82, 2.24) is 15.5 Å². The first-order chi connectivity index (χ1) is 10.9. The van der Waals surface area contributed by atoms with E-state index in [1.54, 1.807) is 39.0 Å². The summed E-state index contributed by atoms with van der Waals surface area (Å²) in [5, 5.41) is 18.8. The molecule has 2 aromatic rings. The number of benzene rings is 1. The van der Waals surface area contributed by atoms with Crippen LogP contribution >= 0.6 is 0 Å². The number of hydrogen-bond acceptors (Lipinski definition) is 4. The fraction of sp³-hybridized carbons (Fsp3) is 0.312. The number of amides is 1. The number of carbonyl (C=O) groups excluding carboxylic acids is 1. The minimum Gasteiger partial charge on any atom is -0.496 e. The number of methoxy groups -OCH3 is 1. The topological polar surface area (TPSA) is 104 Å². The zero-order valence-corrected chi connectivity index (χ0v) is 13.4. The van der Waals surface area contributed by atoms with Crippen molar-refractivity contribution in [1.29, 1.82) is 0 Å². The number of ether oxygens (including phenoxy) is 1. The van der Waals surface area contributed by atoms with Gasteiger partial charge < -0.3 is 15.2 Å². The van der Waals surface area contributed by atoms with Crippen molar-refractivity contribution in [3.05, 3.63) is 46.3 Å². The highest BCUT2D eigenvalue weighted by atomic mass is 16.5. The van der Waals surface area contributed by atoms with Gasteiger partial charge in [0.15, 0.2) is 6.04 Å². The van der Waals surface area contributed by atoms with Crippen molar-refractivity contribution in [2.75, 3.05) is 7.11 Å². The number of H-pyrrole nitrogens is 1. The fourth-order valence-corrected chi connectivity index (χ4v) is 2.55. The maximum atomic E-state index is 12.6. The second-order valence-corrected chi connectivity index (χ2v) is 5.24. The van der Waals surface area contributed by atoms with Gasteiger partial charge in [0.1, 0.15) is 5.75 Å². The standard InChI is InChI=1S/C16H19N3O4/c1-8-6-5-7-11(23-4)12(8)15(20)17-14(16(21)22)13-9(2)18-19-10(13)3/h5-7,14H,1-4H3,(H,17,20)(H,18,19)(H,21,22)/t14-/m0/s1. The summed E-state index contributed by atoms with van der Waals surface area (Å²) in [5.74, 6) is -1.27. The van der Waals surface area contributed by atoms with Crippen LogP contribution in [0.5, 0.6) is 5.75 Å². The number of carbonyl (C=O) groups is 2. The molecule has 0 spiro atoms. The highest BCUT2D eigenvalue weighted by molar-refractivity contribution is 6.00. The number of carboxylic acid groups (broad SMARTS) is 1. The molecule has 0 aliphatic heterocycles. The van der Waals surface area contributed by atoms with Gasteiger partial charge in [-0.1, -0.05) is 12.1 Å². The van der Waals surface area contributed by atoms with Crippen molar-refractivity contribution >= 4 is 11.9 Å². The number of aryl methyl sites for hydroxylation is 3. The minimum atomic E-state index is -1.19. The van der Waals surface area contributed by atoms with Crippen LogP contribution in [-0.4, -0.2) is 34.3 Å². The van der Waals surface area contributed by atoms with Crippen molar-refractivity contribution in [2.24, 2.45) is 0 Å². The Hall–Kier alpha value is -2.83. The number of aliphatic carboxylic acids is 1. The molecule has 0 saturated carbocycles. The number of nitrogens with zero attached hydrogens (tertiary/aromatic N) is 1. The van der Waals surface area contributed by atoms with Crippen LogP contribution in [0.15, 0.2) is 18.2 Å². The Morgan fingerprint density at radius 1 is 1.30 bits per heavy atom. The van der Waals surface area contributed by atoms with Crippen molar-refractivity contribution < 1.29 is 19.4 Å². The lowest BCUT2D eigenvalue weighted by Gasteiger charge is -2.17. The zero-order chi connectivity index (χ0) is 17.1. The summed E-state index contributed by atoms with van der Waals surface area (Å²) < 4.78 is 5.20. The third kappa shape index (κ3) is 3.18. The molecule has 0 aliphatic carbocycles. The Morgan fingerprint density at radius 3 is 2.52 bits per heavy atom. The van der Waals surface area contributed by atoms with E-state index in [1.807, 2.05) is 0 Å². The first-order valence-electron chi connectivity index (χ1n) is 7.05. The van der Waals surface area contributed by atoms with Crippen LogP contribution in [0.2, 0.25) is 0 Å². The third-order valence-corrected chi connectivity index (χ3v) is 3.68. The van der Waals surface area contributed by atoms with Crippen LogP contribution in [0.3, 0.4) is 0 Å². The SMILES string of the molecule is COc1cccc(C)c1C(=O)N[C@H](C(=O)O)c1c(C)n[nH]c1C. The molecule has 0 aliphatic rings. The van der Waals surface area contributed by atoms with E-state index in [0.29, 0.717) is 33.8 Å². The summed E-state index contributed by atoms with van der Waals surface area (Å²) in [5.41, 5.74) is 2.61. The molecule has 7 heteroatoms. The Bertz CT molecular complexity index is 732. The maximum Gasteiger partial charge on any atom is 0.331 e. The molecule has 3 N–H and O–H groups in total. The van der Waals surface area contributed by atoms with Gasteiger partial charge in [-0.3, -0.25) is 9.89 Å². The van der Waals surface area contributed by atoms with Gasteiger partial charge >= 0.3 is 5.97 Å². The number of aromatic nitrogens is 2. The van der Waals surface area contributed by atoms with E-state index in [4.69, 9.17) is 4.74 Å². The van der Waals surface area contributed by atoms with Gasteiger partial charge in [0, 0.05) is 11.3 Å². The largest absolute Gasteiger partial charge is 0.496 e. The van der Waals surface area contributed by atoms with E-state index in [9.17, 15) is 14.7 Å². The molecule has 1 aromatic heterocycles. The van der Waals surface area contributed by atoms with E-state index in [-0.39, 0.29) is 0 Å². The minimum absolute atomic E-state index is 0.319. The van der Waals surface area contributed by atoms with Gasteiger partial charge in [0.25, 0.3) is 5.91 Å². The number of carboxylic acids is 1. The summed E-state index contributed by atoms with van der Waals surface area (Å²) in [7, 11) is 1.46. The summed E-state index contributed by atoms with van der Waals surface area (Å²) >= 11 is 0. The van der Waals surface area contributed by atoms with Crippen molar-refractivity contribution in [3.63, 3.8) is 0 Å². The van der Waals surface area contributed by atoms with Gasteiger partial charge in [-0.25, -0.2) is 4.79 Å². The molecule has 7 nitrogen and oxygen atoms in total. The molecule has 122 valence electrons. The molecule has 0 bridgehead atoms. The maximum absolute atomic E-state index is 12.6. The molecule has 0 saturated heterocycles. The average molecular weight is 317 g/mol. The number of rotatable bonds is 5. The van der Waals surface area contributed by atoms with Gasteiger partial charge in [-0.05, 0) is 32.4 Å². The average Bonchev–Trinajstić information content (AvgIpc) is 2.83. The van der Waals surface area contributed by atoms with Crippen LogP contribution in [0, 0.1) is 20.8 Å². The normalized spacial score (nSPS) is 11.8. The van der Waals surface area contributed by atoms with Gasteiger partial charge in [-0.2, -0.15) is 5.10 Å². The molecule has 0 unspecified atom stereocenters. The van der Waals surface area contributed by atoms with Crippen molar-refractivity contribution in [2.45, 2.75) is 26.8 Å². The predicted molar refractivity (Wildman–Crippen MR) is 83.6 cm³/mol. The van der Waals surface area contributed by atoms with Crippen LogP contribution < -0.4 is 10.1 Å². The number of aromatic amines is 1. The summed E-state index contributed by atoms with van der Waals surface area (Å²) in [6.45, 7) is 5.17. The monoisotopic (exact) mass is 317 g/mol. The van der Waals surface area contributed by atoms with E-state index >= 15 is 0 Å². The Labute approximate surface area is 133 Å². The number of nitrogens with one attached hydrogen (secondary N) is 2. The van der Waals surface area contributed by atoms with E-state index in [0.717, 1.165) is 0 Å². The van der Waals surface area contributed by atoms with Gasteiger partial charge in [0.2, 0.25) is 0 Å². The van der Waals surface area contributed by atoms with Crippen molar-refractivity contribution in [3.8, 4) is 5.75 Å². The molecular weight excluding hydrogens is 298 g/mol. The van der Waals surface area contributed by atoms with E-state index < -0.39 is 17.9 Å². The molecule has 1 heterocycles. The molecule has 1 aromatic carbocycles. The summed E-state index contributed by atoms with van der Waals surface area (Å²) in [6, 6.07) is 4.00. The molecule has 1 amide bonds. The lowest BCUT2D eigenvalue weighted by atomic mass is 10.0. The first-order valence-corrected chi connectivity index (χ1v) is 7.05. The molecule has 0 radical (unpaired) electrons. The fourth-order valence-electron chi connectivity index (χ4n) is 2.55. The van der Waals surface area contributed by atoms with Crippen LogP contribution in [0.1, 0.15) is 38.9 Å². The molecule has 23 heavy (non-hydrogen) atoms. The highest BCUT2D eigenvalue weighted by Crippen LogP contribution is 2.24.